The van der Waals surface area contributed by atoms with Crippen LogP contribution in [0.3, 0.4) is 0 Å². The van der Waals surface area contributed by atoms with Crippen molar-refractivity contribution in [3.63, 3.8) is 0 Å². The van der Waals surface area contributed by atoms with Gasteiger partial charge in [0.15, 0.2) is 0 Å². The van der Waals surface area contributed by atoms with Gasteiger partial charge in [0.1, 0.15) is 5.75 Å². The number of fused-ring (bicyclic) bond motifs is 3. The molecule has 0 amide bonds. The molecule has 36 heavy (non-hydrogen) atoms. The Morgan fingerprint density at radius 2 is 1.33 bits per heavy atom. The third-order valence-corrected chi connectivity index (χ3v) is 6.99. The molecular weight excluding hydrogens is 448 g/mol. The molecule has 5 nitrogen and oxygen atoms in total. The van der Waals surface area contributed by atoms with Gasteiger partial charge < -0.3 is 10.1 Å². The number of hydrogen-bond acceptors (Lipinski definition) is 4. The monoisotopic (exact) mass is 486 g/mol. The first-order valence-corrected chi connectivity index (χ1v) is 13.5. The molecule has 3 aromatic carbocycles. The van der Waals surface area contributed by atoms with Crippen LogP contribution >= 0.6 is 0 Å². The quantitative estimate of drug-likeness (QED) is 0.0978. The van der Waals surface area contributed by atoms with Crippen LogP contribution in [-0.2, 0) is 6.42 Å². The minimum absolute atomic E-state index is 0.158. The molecule has 4 rings (SSSR count). The van der Waals surface area contributed by atoms with Gasteiger partial charge in [0.25, 0.3) is 5.69 Å². The van der Waals surface area contributed by atoms with Gasteiger partial charge in [-0.25, -0.2) is 0 Å². The zero-order chi connectivity index (χ0) is 25.0. The van der Waals surface area contributed by atoms with Crippen molar-refractivity contribution in [3.8, 4) is 16.9 Å². The van der Waals surface area contributed by atoms with Crippen LogP contribution in [0.4, 0.5) is 11.4 Å². The molecule has 0 bridgehead atoms. The Balaban J connectivity index is 1.00. The van der Waals surface area contributed by atoms with E-state index in [1.165, 1.54) is 69.0 Å². The number of rotatable bonds is 16. The lowest BCUT2D eigenvalue weighted by Crippen LogP contribution is -2.00. The topological polar surface area (TPSA) is 64.4 Å². The molecule has 0 aliphatic heterocycles. The molecule has 0 fully saturated rings. The van der Waals surface area contributed by atoms with Crippen LogP contribution in [0.2, 0.25) is 0 Å². The lowest BCUT2D eigenvalue weighted by Gasteiger charge is -2.08. The fraction of sp³-hybridized carbons (Fsp3) is 0.419. The van der Waals surface area contributed by atoms with Crippen molar-refractivity contribution in [2.24, 2.45) is 0 Å². The standard InChI is InChI=1S/C31H38N2O3/c34-33(35)28-16-18-30-25(23-28)22-26-24-29(17-19-31(26)30)36-21-13-8-6-4-2-1-3-5-7-12-20-32-27-14-10-9-11-15-27/h9-11,14-19,23-24,32H,1-8,12-13,20-22H2. The molecule has 0 aromatic heterocycles. The lowest BCUT2D eigenvalue weighted by molar-refractivity contribution is -0.384. The Bertz CT molecular complexity index is 1110. The molecule has 1 aliphatic carbocycles. The summed E-state index contributed by atoms with van der Waals surface area (Å²) in [6.45, 7) is 1.81. The second kappa shape index (κ2) is 13.7. The van der Waals surface area contributed by atoms with E-state index in [9.17, 15) is 10.1 Å². The maximum absolute atomic E-state index is 11.1. The maximum Gasteiger partial charge on any atom is 0.269 e. The van der Waals surface area contributed by atoms with E-state index in [-0.39, 0.29) is 10.6 Å². The highest BCUT2D eigenvalue weighted by Gasteiger charge is 2.21. The van der Waals surface area contributed by atoms with Gasteiger partial charge in [-0.15, -0.1) is 0 Å². The van der Waals surface area contributed by atoms with E-state index in [2.05, 4.69) is 41.7 Å². The van der Waals surface area contributed by atoms with E-state index in [0.717, 1.165) is 48.4 Å². The average Bonchev–Trinajstić information content (AvgIpc) is 3.26. The summed E-state index contributed by atoms with van der Waals surface area (Å²) in [6, 6.07) is 21.8. The Morgan fingerprint density at radius 1 is 0.722 bits per heavy atom. The Morgan fingerprint density at radius 3 is 2.03 bits per heavy atom. The number of benzene rings is 3. The van der Waals surface area contributed by atoms with Gasteiger partial charge in [0, 0.05) is 24.4 Å². The van der Waals surface area contributed by atoms with Crippen molar-refractivity contribution in [2.45, 2.75) is 70.6 Å². The summed E-state index contributed by atoms with van der Waals surface area (Å²) in [7, 11) is 0. The van der Waals surface area contributed by atoms with E-state index < -0.39 is 0 Å². The summed E-state index contributed by atoms with van der Waals surface area (Å²) in [4.78, 5) is 10.7. The first-order valence-electron chi connectivity index (χ1n) is 13.5. The van der Waals surface area contributed by atoms with Crippen molar-refractivity contribution in [1.82, 2.24) is 0 Å². The van der Waals surface area contributed by atoms with Crippen LogP contribution < -0.4 is 10.1 Å². The molecule has 0 spiro atoms. The molecular formula is C31H38N2O3. The van der Waals surface area contributed by atoms with Crippen molar-refractivity contribution in [2.75, 3.05) is 18.5 Å². The van der Waals surface area contributed by atoms with Crippen molar-refractivity contribution < 1.29 is 9.66 Å². The number of para-hydroxylation sites is 1. The number of unbranched alkanes of at least 4 members (excludes halogenated alkanes) is 9. The van der Waals surface area contributed by atoms with Crippen molar-refractivity contribution >= 4 is 11.4 Å². The number of hydrogen-bond donors (Lipinski definition) is 1. The number of anilines is 1. The minimum atomic E-state index is -0.328. The molecule has 190 valence electrons. The van der Waals surface area contributed by atoms with E-state index in [1.54, 1.807) is 12.1 Å². The van der Waals surface area contributed by atoms with Crippen LogP contribution in [-0.4, -0.2) is 18.1 Å². The van der Waals surface area contributed by atoms with E-state index in [4.69, 9.17) is 4.74 Å². The van der Waals surface area contributed by atoms with Crippen LogP contribution in [0.25, 0.3) is 11.1 Å². The molecule has 0 saturated heterocycles. The fourth-order valence-electron chi connectivity index (χ4n) is 5.00. The van der Waals surface area contributed by atoms with Gasteiger partial charge >= 0.3 is 0 Å². The maximum atomic E-state index is 11.1. The molecule has 5 heteroatoms. The SMILES string of the molecule is O=[N+]([O-])c1ccc2c(c1)Cc1cc(OCCCCCCCCCCCCNc3ccccc3)ccc1-2. The largest absolute Gasteiger partial charge is 0.494 e. The van der Waals surface area contributed by atoms with Crippen LogP contribution in [0, 0.1) is 10.1 Å². The van der Waals surface area contributed by atoms with Gasteiger partial charge in [0.05, 0.1) is 11.5 Å². The predicted molar refractivity (Wildman–Crippen MR) is 148 cm³/mol. The number of nitrogens with one attached hydrogen (secondary N) is 1. The Hall–Kier alpha value is -3.34. The molecule has 1 N–H and O–H groups in total. The Labute approximate surface area is 215 Å². The summed E-state index contributed by atoms with van der Waals surface area (Å²) < 4.78 is 6.00. The van der Waals surface area contributed by atoms with Gasteiger partial charge in [0.2, 0.25) is 0 Å². The first kappa shape index (κ1) is 25.7. The lowest BCUT2D eigenvalue weighted by atomic mass is 10.1. The second-order valence-electron chi connectivity index (χ2n) is 9.77. The number of nitro benzene ring substituents is 1. The number of ether oxygens (including phenoxy) is 1. The highest BCUT2D eigenvalue weighted by molar-refractivity contribution is 5.78. The number of non-ortho nitro benzene ring substituents is 1. The summed E-state index contributed by atoms with van der Waals surface area (Å²) in [6.07, 6.45) is 13.6. The summed E-state index contributed by atoms with van der Waals surface area (Å²) in [5, 5.41) is 14.5. The molecule has 0 heterocycles. The number of nitrogens with zero attached hydrogens (tertiary/aromatic N) is 1. The van der Waals surface area contributed by atoms with Crippen LogP contribution in [0.1, 0.15) is 75.3 Å². The summed E-state index contributed by atoms with van der Waals surface area (Å²) in [5.41, 5.74) is 5.85. The molecule has 0 saturated carbocycles. The third kappa shape index (κ3) is 7.58. The van der Waals surface area contributed by atoms with Crippen molar-refractivity contribution in [1.29, 1.82) is 0 Å². The summed E-state index contributed by atoms with van der Waals surface area (Å²) in [5.74, 6) is 0.898. The highest BCUT2D eigenvalue weighted by atomic mass is 16.6. The normalized spacial score (nSPS) is 11.7. The van der Waals surface area contributed by atoms with Crippen LogP contribution in [0.15, 0.2) is 66.7 Å². The van der Waals surface area contributed by atoms with Gasteiger partial charge in [-0.1, -0.05) is 75.6 Å². The Kier molecular flexibility index (Phi) is 9.78. The fourth-order valence-corrected chi connectivity index (χ4v) is 5.00. The van der Waals surface area contributed by atoms with E-state index in [1.807, 2.05) is 18.2 Å². The van der Waals surface area contributed by atoms with Crippen molar-refractivity contribution in [3.05, 3.63) is 88.0 Å². The van der Waals surface area contributed by atoms with Crippen LogP contribution in [0.5, 0.6) is 5.75 Å². The molecule has 3 aromatic rings. The van der Waals surface area contributed by atoms with Gasteiger partial charge in [-0.05, 0) is 71.8 Å². The van der Waals surface area contributed by atoms with Gasteiger partial charge in [-0.2, -0.15) is 0 Å². The first-order chi connectivity index (χ1) is 17.7. The van der Waals surface area contributed by atoms with Gasteiger partial charge in [-0.3, -0.25) is 10.1 Å². The molecule has 0 unspecified atom stereocenters. The third-order valence-electron chi connectivity index (χ3n) is 6.99. The van der Waals surface area contributed by atoms with E-state index in [0.29, 0.717) is 0 Å². The highest BCUT2D eigenvalue weighted by Crippen LogP contribution is 2.39. The smallest absolute Gasteiger partial charge is 0.269 e. The van der Waals surface area contributed by atoms with E-state index >= 15 is 0 Å². The minimum Gasteiger partial charge on any atom is -0.494 e. The number of nitro groups is 1. The molecule has 0 radical (unpaired) electrons. The molecule has 1 aliphatic rings. The summed E-state index contributed by atoms with van der Waals surface area (Å²) >= 11 is 0. The zero-order valence-electron chi connectivity index (χ0n) is 21.2. The molecule has 0 atom stereocenters. The predicted octanol–water partition coefficient (Wildman–Crippen LogP) is 8.56. The zero-order valence-corrected chi connectivity index (χ0v) is 21.2. The second-order valence-corrected chi connectivity index (χ2v) is 9.77. The average molecular weight is 487 g/mol.